The predicted molar refractivity (Wildman–Crippen MR) is 134 cm³/mol. The maximum Gasteiger partial charge on any atom is 0.329 e. The van der Waals surface area contributed by atoms with Crippen molar-refractivity contribution < 1.29 is 28.0 Å². The van der Waals surface area contributed by atoms with Crippen molar-refractivity contribution in [1.82, 2.24) is 29.8 Å². The monoisotopic (exact) mass is 537 g/mol. The van der Waals surface area contributed by atoms with Crippen LogP contribution in [0.4, 0.5) is 14.6 Å². The molecule has 0 spiro atoms. The lowest BCUT2D eigenvalue weighted by Crippen LogP contribution is -2.55. The molecular weight excluding hydrogens is 512 g/mol. The van der Waals surface area contributed by atoms with Crippen molar-refractivity contribution >= 4 is 17.7 Å². The van der Waals surface area contributed by atoms with Crippen molar-refractivity contribution in [2.75, 3.05) is 18.4 Å². The van der Waals surface area contributed by atoms with Crippen molar-refractivity contribution in [3.05, 3.63) is 66.1 Å². The normalized spacial score (nSPS) is 14.8. The van der Waals surface area contributed by atoms with E-state index in [-0.39, 0.29) is 55.7 Å². The number of benzene rings is 1. The highest BCUT2D eigenvalue weighted by Gasteiger charge is 2.43. The van der Waals surface area contributed by atoms with Gasteiger partial charge in [0.1, 0.15) is 29.0 Å². The molecule has 4 aromatic rings. The van der Waals surface area contributed by atoms with Crippen LogP contribution < -0.4 is 5.32 Å². The number of nitrogens with one attached hydrogen (secondary N) is 1. The second-order valence-corrected chi connectivity index (χ2v) is 9.19. The van der Waals surface area contributed by atoms with Gasteiger partial charge in [-0.25, -0.2) is 23.5 Å². The summed E-state index contributed by atoms with van der Waals surface area (Å²) in [6.07, 6.45) is 2.77. The summed E-state index contributed by atoms with van der Waals surface area (Å²) in [5, 5.41) is 21.3. The second-order valence-electron chi connectivity index (χ2n) is 9.19. The van der Waals surface area contributed by atoms with E-state index < -0.39 is 23.1 Å². The van der Waals surface area contributed by atoms with Crippen LogP contribution in [0.5, 0.6) is 0 Å². The number of carbonyl (C=O) groups excluding carboxylic acids is 1. The van der Waals surface area contributed by atoms with E-state index in [4.69, 9.17) is 4.52 Å². The van der Waals surface area contributed by atoms with Gasteiger partial charge in [0.15, 0.2) is 17.5 Å². The third kappa shape index (κ3) is 5.19. The van der Waals surface area contributed by atoms with Crippen molar-refractivity contribution in [2.45, 2.75) is 38.3 Å². The fraction of sp³-hybridized carbons (Fsp3) is 0.308. The Balaban J connectivity index is 1.47. The number of aromatic nitrogens is 5. The lowest BCUT2D eigenvalue weighted by Gasteiger charge is -2.39. The first-order valence-corrected chi connectivity index (χ1v) is 12.3. The van der Waals surface area contributed by atoms with E-state index in [1.165, 1.54) is 17.0 Å². The van der Waals surface area contributed by atoms with Crippen LogP contribution in [0, 0.1) is 11.6 Å². The minimum atomic E-state index is -1.52. The van der Waals surface area contributed by atoms with Crippen LogP contribution in [0.25, 0.3) is 22.9 Å². The molecule has 1 aromatic carbocycles. The van der Waals surface area contributed by atoms with E-state index in [0.717, 1.165) is 6.20 Å². The van der Waals surface area contributed by atoms with Gasteiger partial charge in [0.25, 0.3) is 0 Å². The van der Waals surface area contributed by atoms with Crippen molar-refractivity contribution in [1.29, 1.82) is 0 Å². The third-order valence-corrected chi connectivity index (χ3v) is 6.77. The zero-order valence-corrected chi connectivity index (χ0v) is 21.0. The Kier molecular flexibility index (Phi) is 7.05. The molecule has 4 heterocycles. The quantitative estimate of drug-likeness (QED) is 0.345. The van der Waals surface area contributed by atoms with Gasteiger partial charge in [-0.2, -0.15) is 5.10 Å². The third-order valence-electron chi connectivity index (χ3n) is 6.77. The maximum atomic E-state index is 14.8. The van der Waals surface area contributed by atoms with Crippen LogP contribution in [-0.4, -0.2) is 65.4 Å². The van der Waals surface area contributed by atoms with Gasteiger partial charge in [-0.3, -0.25) is 9.48 Å². The molecule has 0 saturated carbocycles. The lowest BCUT2D eigenvalue weighted by atomic mass is 9.87. The standard InChI is InChI=1S/C26H25F2N7O4/c1-2-22(36)34-10-8-26(9-11-34,25(37)38)31-23-18(28)14-29-24(30-23)20-13-21(19-7-12-39-33-19)35(32-20)15-16-5-3-4-6-17(16)27/h3-7,12-14H,2,8-11,15H2,1H3,(H,37,38)(H,29,30,31). The van der Waals surface area contributed by atoms with E-state index in [9.17, 15) is 23.5 Å². The molecule has 0 bridgehead atoms. The molecule has 0 aliphatic carbocycles. The summed E-state index contributed by atoms with van der Waals surface area (Å²) < 4.78 is 35.7. The average Bonchev–Trinajstić information content (AvgIpc) is 3.61. The van der Waals surface area contributed by atoms with Crippen molar-refractivity contribution in [2.24, 2.45) is 0 Å². The van der Waals surface area contributed by atoms with Gasteiger partial charge in [0, 0.05) is 31.1 Å². The van der Waals surface area contributed by atoms with Crippen LogP contribution in [0.15, 0.2) is 53.4 Å². The van der Waals surface area contributed by atoms with E-state index in [2.05, 4.69) is 25.5 Å². The van der Waals surface area contributed by atoms with Crippen LogP contribution in [0.1, 0.15) is 31.7 Å². The predicted octanol–water partition coefficient (Wildman–Crippen LogP) is 3.59. The molecule has 13 heteroatoms. The maximum absolute atomic E-state index is 14.8. The molecule has 1 amide bonds. The molecule has 1 aliphatic heterocycles. The minimum Gasteiger partial charge on any atom is -0.480 e. The molecular formula is C26H25F2N7O4. The van der Waals surface area contributed by atoms with E-state index in [1.807, 2.05) is 0 Å². The van der Waals surface area contributed by atoms with Crippen LogP contribution in [0.3, 0.4) is 0 Å². The molecule has 1 saturated heterocycles. The zero-order chi connectivity index (χ0) is 27.6. The molecule has 0 radical (unpaired) electrons. The summed E-state index contributed by atoms with van der Waals surface area (Å²) in [6.45, 7) is 2.24. The number of amides is 1. The molecule has 0 atom stereocenters. The molecule has 1 fully saturated rings. The fourth-order valence-electron chi connectivity index (χ4n) is 4.54. The first-order valence-electron chi connectivity index (χ1n) is 12.3. The molecule has 5 rings (SSSR count). The molecule has 3 aromatic heterocycles. The molecule has 0 unspecified atom stereocenters. The first-order chi connectivity index (χ1) is 18.8. The van der Waals surface area contributed by atoms with Crippen LogP contribution >= 0.6 is 0 Å². The molecule has 1 aliphatic rings. The average molecular weight is 538 g/mol. The number of hydrogen-bond donors (Lipinski definition) is 2. The number of carboxylic acid groups (broad SMARTS) is 1. The summed E-state index contributed by atoms with van der Waals surface area (Å²) >= 11 is 0. The number of halogens is 2. The lowest BCUT2D eigenvalue weighted by molar-refractivity contribution is -0.146. The van der Waals surface area contributed by atoms with Crippen LogP contribution in [-0.2, 0) is 16.1 Å². The Morgan fingerprint density at radius 3 is 2.56 bits per heavy atom. The summed E-state index contributed by atoms with van der Waals surface area (Å²) in [7, 11) is 0. The SMILES string of the molecule is CCC(=O)N1CCC(Nc2nc(-c3cc(-c4ccon4)n(Cc4ccccc4F)n3)ncc2F)(C(=O)O)CC1. The molecule has 202 valence electrons. The topological polar surface area (TPSA) is 139 Å². The fourth-order valence-corrected chi connectivity index (χ4v) is 4.54. The highest BCUT2D eigenvalue weighted by molar-refractivity contribution is 5.84. The summed E-state index contributed by atoms with van der Waals surface area (Å²) in [5.41, 5.74) is 0.0198. The van der Waals surface area contributed by atoms with E-state index in [1.54, 1.807) is 42.2 Å². The highest BCUT2D eigenvalue weighted by Crippen LogP contribution is 2.30. The number of aliphatic carboxylic acids is 1. The first kappa shape index (κ1) is 25.9. The number of carbonyl (C=O) groups is 2. The largest absolute Gasteiger partial charge is 0.480 e. The van der Waals surface area contributed by atoms with Crippen molar-refractivity contribution in [3.8, 4) is 22.9 Å². The van der Waals surface area contributed by atoms with Crippen LogP contribution in [0.2, 0.25) is 0 Å². The Bertz CT molecular complexity index is 1500. The van der Waals surface area contributed by atoms with E-state index in [0.29, 0.717) is 23.4 Å². The number of nitrogens with zero attached hydrogens (tertiary/aromatic N) is 6. The molecule has 11 nitrogen and oxygen atoms in total. The Morgan fingerprint density at radius 1 is 1.13 bits per heavy atom. The molecule has 39 heavy (non-hydrogen) atoms. The smallest absolute Gasteiger partial charge is 0.329 e. The summed E-state index contributed by atoms with van der Waals surface area (Å²) in [4.78, 5) is 34.2. The number of rotatable bonds is 8. The number of likely N-dealkylation sites (tertiary alicyclic amines) is 1. The van der Waals surface area contributed by atoms with Gasteiger partial charge in [-0.1, -0.05) is 30.3 Å². The van der Waals surface area contributed by atoms with Gasteiger partial charge in [-0.15, -0.1) is 0 Å². The Morgan fingerprint density at radius 2 is 1.90 bits per heavy atom. The van der Waals surface area contributed by atoms with Gasteiger partial charge < -0.3 is 19.8 Å². The Hall–Kier alpha value is -4.68. The van der Waals surface area contributed by atoms with Crippen molar-refractivity contribution in [3.63, 3.8) is 0 Å². The minimum absolute atomic E-state index is 0.0232. The number of anilines is 1. The Labute approximate surface area is 221 Å². The highest BCUT2D eigenvalue weighted by atomic mass is 19.1. The van der Waals surface area contributed by atoms with Gasteiger partial charge in [0.05, 0.1) is 18.4 Å². The molecule has 2 N–H and O–H groups in total. The summed E-state index contributed by atoms with van der Waals surface area (Å²) in [6, 6.07) is 9.49. The number of piperidine rings is 1. The number of carboxylic acids is 1. The van der Waals surface area contributed by atoms with Gasteiger partial charge in [-0.05, 0) is 25.0 Å². The van der Waals surface area contributed by atoms with Gasteiger partial charge >= 0.3 is 5.97 Å². The number of hydrogen-bond acceptors (Lipinski definition) is 8. The summed E-state index contributed by atoms with van der Waals surface area (Å²) in [5.74, 6) is -2.77. The van der Waals surface area contributed by atoms with Gasteiger partial charge in [0.2, 0.25) is 5.91 Å². The second kappa shape index (κ2) is 10.6. The zero-order valence-electron chi connectivity index (χ0n) is 21.0. The van der Waals surface area contributed by atoms with E-state index >= 15 is 0 Å².